The van der Waals surface area contributed by atoms with Crippen molar-refractivity contribution in [3.05, 3.63) is 29.8 Å². The SMILES string of the molecule is CN=CN(NC)c1ccc(C=O)cc1. The van der Waals surface area contributed by atoms with Gasteiger partial charge in [-0.15, -0.1) is 0 Å². The van der Waals surface area contributed by atoms with Crippen molar-refractivity contribution < 1.29 is 4.79 Å². The summed E-state index contributed by atoms with van der Waals surface area (Å²) in [6, 6.07) is 7.22. The fourth-order valence-electron chi connectivity index (χ4n) is 1.08. The molecule has 0 heterocycles. The van der Waals surface area contributed by atoms with Crippen molar-refractivity contribution >= 4 is 18.3 Å². The van der Waals surface area contributed by atoms with Gasteiger partial charge in [-0.3, -0.25) is 14.8 Å². The Morgan fingerprint density at radius 1 is 1.36 bits per heavy atom. The van der Waals surface area contributed by atoms with E-state index >= 15 is 0 Å². The van der Waals surface area contributed by atoms with Gasteiger partial charge >= 0.3 is 0 Å². The number of hydrogen-bond acceptors (Lipinski definition) is 3. The van der Waals surface area contributed by atoms with Gasteiger partial charge < -0.3 is 0 Å². The van der Waals surface area contributed by atoms with Crippen molar-refractivity contribution in [3.8, 4) is 0 Å². The van der Waals surface area contributed by atoms with Crippen LogP contribution in [0.2, 0.25) is 0 Å². The van der Waals surface area contributed by atoms with Crippen LogP contribution in [0.4, 0.5) is 5.69 Å². The molecule has 4 nitrogen and oxygen atoms in total. The molecule has 0 fully saturated rings. The third-order valence-electron chi connectivity index (χ3n) is 1.78. The molecule has 0 aromatic heterocycles. The quantitative estimate of drug-likeness (QED) is 0.335. The van der Waals surface area contributed by atoms with Crippen molar-refractivity contribution in [1.82, 2.24) is 5.43 Å². The molecule has 0 saturated carbocycles. The topological polar surface area (TPSA) is 44.7 Å². The van der Waals surface area contributed by atoms with Gasteiger partial charge in [-0.25, -0.2) is 5.43 Å². The first-order chi connectivity index (χ1) is 6.81. The summed E-state index contributed by atoms with van der Waals surface area (Å²) in [4.78, 5) is 14.3. The Morgan fingerprint density at radius 2 is 2.00 bits per heavy atom. The van der Waals surface area contributed by atoms with Crippen LogP contribution in [0.15, 0.2) is 29.3 Å². The van der Waals surface area contributed by atoms with Crippen LogP contribution in [0.25, 0.3) is 0 Å². The minimum atomic E-state index is 0.665. The zero-order valence-electron chi connectivity index (χ0n) is 8.27. The standard InChI is InChI=1S/C10H13N3O/c1-11-8-13(12-2)10-5-3-9(7-14)4-6-10/h3-8,12H,1-2H3. The van der Waals surface area contributed by atoms with E-state index in [-0.39, 0.29) is 0 Å². The van der Waals surface area contributed by atoms with Crippen LogP contribution < -0.4 is 10.4 Å². The Bertz CT molecular complexity index is 319. The number of anilines is 1. The number of benzene rings is 1. The summed E-state index contributed by atoms with van der Waals surface area (Å²) in [7, 11) is 3.50. The average molecular weight is 191 g/mol. The number of hydrazine groups is 1. The van der Waals surface area contributed by atoms with Crippen LogP contribution in [0.1, 0.15) is 10.4 Å². The Balaban J connectivity index is 2.88. The molecule has 0 atom stereocenters. The molecule has 74 valence electrons. The molecule has 0 aliphatic rings. The molecule has 0 radical (unpaired) electrons. The van der Waals surface area contributed by atoms with E-state index in [0.29, 0.717) is 5.56 Å². The highest BCUT2D eigenvalue weighted by Crippen LogP contribution is 2.10. The lowest BCUT2D eigenvalue weighted by Gasteiger charge is -2.17. The van der Waals surface area contributed by atoms with Gasteiger partial charge in [0.15, 0.2) is 0 Å². The maximum Gasteiger partial charge on any atom is 0.150 e. The van der Waals surface area contributed by atoms with E-state index in [2.05, 4.69) is 10.4 Å². The van der Waals surface area contributed by atoms with E-state index in [1.807, 2.05) is 12.1 Å². The minimum absolute atomic E-state index is 0.665. The molecule has 0 unspecified atom stereocenters. The van der Waals surface area contributed by atoms with E-state index < -0.39 is 0 Å². The summed E-state index contributed by atoms with van der Waals surface area (Å²) in [5, 5.41) is 1.76. The van der Waals surface area contributed by atoms with Gasteiger partial charge in [0.1, 0.15) is 12.6 Å². The van der Waals surface area contributed by atoms with Gasteiger partial charge in [0.2, 0.25) is 0 Å². The molecule has 0 saturated heterocycles. The predicted molar refractivity (Wildman–Crippen MR) is 57.8 cm³/mol. The molecule has 1 aromatic carbocycles. The monoisotopic (exact) mass is 191 g/mol. The second kappa shape index (κ2) is 5.14. The first-order valence-corrected chi connectivity index (χ1v) is 4.26. The van der Waals surface area contributed by atoms with Crippen LogP contribution in [0.3, 0.4) is 0 Å². The molecule has 1 aromatic rings. The van der Waals surface area contributed by atoms with Crippen LogP contribution in [0, 0.1) is 0 Å². The van der Waals surface area contributed by atoms with Gasteiger partial charge in [-0.1, -0.05) is 0 Å². The van der Waals surface area contributed by atoms with Crippen LogP contribution in [-0.2, 0) is 0 Å². The molecule has 0 bridgehead atoms. The predicted octanol–water partition coefficient (Wildman–Crippen LogP) is 1.10. The minimum Gasteiger partial charge on any atom is -0.298 e. The first kappa shape index (κ1) is 10.4. The number of hydrogen-bond donors (Lipinski definition) is 1. The lowest BCUT2D eigenvalue weighted by atomic mass is 10.2. The fourth-order valence-corrected chi connectivity index (χ4v) is 1.08. The van der Waals surface area contributed by atoms with E-state index in [9.17, 15) is 4.79 Å². The highest BCUT2D eigenvalue weighted by molar-refractivity contribution is 5.80. The van der Waals surface area contributed by atoms with E-state index in [0.717, 1.165) is 12.0 Å². The van der Waals surface area contributed by atoms with Gasteiger partial charge in [0.25, 0.3) is 0 Å². The summed E-state index contributed by atoms with van der Waals surface area (Å²) in [6.07, 6.45) is 2.48. The largest absolute Gasteiger partial charge is 0.298 e. The van der Waals surface area contributed by atoms with Crippen LogP contribution in [-0.4, -0.2) is 26.7 Å². The number of rotatable bonds is 4. The number of nitrogens with zero attached hydrogens (tertiary/aromatic N) is 2. The molecular weight excluding hydrogens is 178 g/mol. The van der Waals surface area contributed by atoms with Crippen LogP contribution in [0.5, 0.6) is 0 Å². The zero-order valence-corrected chi connectivity index (χ0v) is 8.27. The maximum atomic E-state index is 10.4. The molecule has 0 aliphatic carbocycles. The maximum absolute atomic E-state index is 10.4. The second-order valence-electron chi connectivity index (χ2n) is 2.68. The first-order valence-electron chi connectivity index (χ1n) is 4.26. The number of carbonyl (C=O) groups excluding carboxylic acids is 1. The normalized spacial score (nSPS) is 10.4. The van der Waals surface area contributed by atoms with E-state index in [1.54, 1.807) is 37.6 Å². The lowest BCUT2D eigenvalue weighted by Crippen LogP contribution is -2.33. The Kier molecular flexibility index (Phi) is 3.82. The molecule has 4 heteroatoms. The molecule has 1 rings (SSSR count). The molecule has 1 N–H and O–H groups in total. The van der Waals surface area contributed by atoms with E-state index in [4.69, 9.17) is 0 Å². The average Bonchev–Trinajstić information content (AvgIpc) is 2.26. The zero-order chi connectivity index (χ0) is 10.4. The molecule has 14 heavy (non-hydrogen) atoms. The Morgan fingerprint density at radius 3 is 2.43 bits per heavy atom. The number of nitrogens with one attached hydrogen (secondary N) is 1. The third kappa shape index (κ3) is 2.40. The van der Waals surface area contributed by atoms with Crippen molar-refractivity contribution in [2.45, 2.75) is 0 Å². The third-order valence-corrected chi connectivity index (χ3v) is 1.78. The summed E-state index contributed by atoms with van der Waals surface area (Å²) >= 11 is 0. The van der Waals surface area contributed by atoms with Crippen molar-refractivity contribution in [1.29, 1.82) is 0 Å². The lowest BCUT2D eigenvalue weighted by molar-refractivity contribution is 0.112. The number of aldehydes is 1. The van der Waals surface area contributed by atoms with Gasteiger partial charge in [0, 0.05) is 19.7 Å². The van der Waals surface area contributed by atoms with Crippen LogP contribution >= 0.6 is 0 Å². The Hall–Kier alpha value is -1.68. The van der Waals surface area contributed by atoms with Crippen molar-refractivity contribution in [3.63, 3.8) is 0 Å². The summed E-state index contributed by atoms with van der Waals surface area (Å²) in [5.41, 5.74) is 4.55. The highest BCUT2D eigenvalue weighted by atomic mass is 16.1. The molecule has 0 spiro atoms. The van der Waals surface area contributed by atoms with Gasteiger partial charge in [-0.05, 0) is 24.3 Å². The molecular formula is C10H13N3O. The number of aliphatic imine (C=N–C) groups is 1. The summed E-state index contributed by atoms with van der Waals surface area (Å²) < 4.78 is 0. The van der Waals surface area contributed by atoms with Crippen molar-refractivity contribution in [2.75, 3.05) is 19.1 Å². The summed E-state index contributed by atoms with van der Waals surface area (Å²) in [5.74, 6) is 0. The highest BCUT2D eigenvalue weighted by Gasteiger charge is 1.99. The van der Waals surface area contributed by atoms with E-state index in [1.165, 1.54) is 0 Å². The van der Waals surface area contributed by atoms with Crippen molar-refractivity contribution in [2.24, 2.45) is 4.99 Å². The Labute approximate surface area is 83.2 Å². The van der Waals surface area contributed by atoms with Gasteiger partial charge in [0.05, 0.1) is 5.69 Å². The smallest absolute Gasteiger partial charge is 0.150 e. The van der Waals surface area contributed by atoms with Gasteiger partial charge in [-0.2, -0.15) is 0 Å². The molecule has 0 aliphatic heterocycles. The summed E-state index contributed by atoms with van der Waals surface area (Å²) in [6.45, 7) is 0. The molecule has 0 amide bonds. The number of carbonyl (C=O) groups is 1. The second-order valence-corrected chi connectivity index (χ2v) is 2.68. The fraction of sp³-hybridized carbons (Fsp3) is 0.200.